The Balaban J connectivity index is 0.000000676. The molecule has 1 amide bonds. The number of halogens is 3. The summed E-state index contributed by atoms with van der Waals surface area (Å²) in [7, 11) is 5.24. The van der Waals surface area contributed by atoms with Crippen molar-refractivity contribution in [3.8, 4) is 0 Å². The zero-order valence-corrected chi connectivity index (χ0v) is 24.7. The first-order chi connectivity index (χ1) is 19.0. The van der Waals surface area contributed by atoms with E-state index in [1.165, 1.54) is 17.2 Å². The van der Waals surface area contributed by atoms with Crippen molar-refractivity contribution in [2.75, 3.05) is 48.6 Å². The SMILES string of the molecule is C/C(N)=C/c1ncc2c(n1)C(C(F)(F)F)CN2C.CC.CC.CNc1cc(NC=O)ncc1N/N=C\C(C)NC. The molecule has 14 heteroatoms. The molecule has 2 unspecified atom stereocenters. The number of hydrogen-bond acceptors (Lipinski definition) is 10. The third-order valence-electron chi connectivity index (χ3n) is 5.08. The van der Waals surface area contributed by atoms with Gasteiger partial charge in [0, 0.05) is 50.7 Å². The maximum Gasteiger partial charge on any atom is 0.399 e. The van der Waals surface area contributed by atoms with E-state index in [2.05, 4.69) is 41.4 Å². The van der Waals surface area contributed by atoms with Crippen LogP contribution in [-0.2, 0) is 4.79 Å². The molecule has 0 radical (unpaired) electrons. The average Bonchev–Trinajstić information content (AvgIpc) is 3.27. The van der Waals surface area contributed by atoms with Gasteiger partial charge < -0.3 is 26.6 Å². The number of allylic oxidation sites excluding steroid dienone is 1. The molecule has 224 valence electrons. The second-order valence-corrected chi connectivity index (χ2v) is 7.96. The molecule has 2 aromatic heterocycles. The number of aromatic nitrogens is 3. The fourth-order valence-corrected chi connectivity index (χ4v) is 3.13. The molecular formula is C26H43F3N10O. The largest absolute Gasteiger partial charge is 0.402 e. The zero-order chi connectivity index (χ0) is 30.9. The lowest BCUT2D eigenvalue weighted by atomic mass is 10.1. The van der Waals surface area contributed by atoms with Crippen LogP contribution in [0.3, 0.4) is 0 Å². The molecule has 3 heterocycles. The van der Waals surface area contributed by atoms with Gasteiger partial charge in [0.2, 0.25) is 6.41 Å². The molecule has 0 saturated carbocycles. The molecular weight excluding hydrogens is 525 g/mol. The highest BCUT2D eigenvalue weighted by Gasteiger charge is 2.47. The van der Waals surface area contributed by atoms with Gasteiger partial charge in [0.25, 0.3) is 0 Å². The van der Waals surface area contributed by atoms with Gasteiger partial charge in [-0.05, 0) is 20.9 Å². The lowest BCUT2D eigenvalue weighted by Crippen LogP contribution is -2.26. The summed E-state index contributed by atoms with van der Waals surface area (Å²) < 4.78 is 38.6. The van der Waals surface area contributed by atoms with Crippen molar-refractivity contribution in [2.24, 2.45) is 10.8 Å². The Kier molecular flexibility index (Phi) is 16.6. The number of alkyl halides is 3. The van der Waals surface area contributed by atoms with E-state index in [1.807, 2.05) is 41.7 Å². The van der Waals surface area contributed by atoms with Crippen LogP contribution >= 0.6 is 0 Å². The molecule has 0 saturated heterocycles. The summed E-state index contributed by atoms with van der Waals surface area (Å²) in [5, 5.41) is 12.6. The van der Waals surface area contributed by atoms with Crippen molar-refractivity contribution in [3.05, 3.63) is 35.7 Å². The molecule has 40 heavy (non-hydrogen) atoms. The van der Waals surface area contributed by atoms with Gasteiger partial charge >= 0.3 is 6.18 Å². The normalized spacial score (nSPS) is 14.8. The number of nitrogens with two attached hydrogens (primary N) is 1. The predicted molar refractivity (Wildman–Crippen MR) is 159 cm³/mol. The van der Waals surface area contributed by atoms with E-state index in [4.69, 9.17) is 5.73 Å². The first-order valence-corrected chi connectivity index (χ1v) is 12.9. The Morgan fingerprint density at radius 1 is 1.18 bits per heavy atom. The Bertz CT molecular complexity index is 1090. The number of hydrogen-bond donors (Lipinski definition) is 5. The average molecular weight is 569 g/mol. The second-order valence-electron chi connectivity index (χ2n) is 7.96. The number of amides is 1. The minimum absolute atomic E-state index is 0.0208. The maximum absolute atomic E-state index is 12.9. The number of anilines is 4. The molecule has 0 bridgehead atoms. The van der Waals surface area contributed by atoms with Crippen LogP contribution in [-0.4, -0.2) is 67.5 Å². The summed E-state index contributed by atoms with van der Waals surface area (Å²) >= 11 is 0. The number of likely N-dealkylation sites (N-methyl/N-ethyl adjacent to an activating group) is 1. The Morgan fingerprint density at radius 2 is 1.82 bits per heavy atom. The van der Waals surface area contributed by atoms with Gasteiger partial charge in [0.15, 0.2) is 5.82 Å². The van der Waals surface area contributed by atoms with Gasteiger partial charge in [-0.3, -0.25) is 10.2 Å². The molecule has 2 aromatic rings. The van der Waals surface area contributed by atoms with Crippen LogP contribution in [0, 0.1) is 0 Å². The molecule has 0 spiro atoms. The standard InChI is InChI=1S/C11H13F3N4.C11H18N6O.2C2H6/c1-6(15)3-9-16-4-8-10(17-9)7(5-18(8)2)11(12,13)14;1-8(12-2)5-16-17-10-6-14-11(15-7-18)4-9(10)13-3;2*1-2/h3-4,7H,5,15H2,1-2H3;4-8,12,17H,1-3H3,(H2,13,14,15,18);2*1-2H3/b6-3-;16-5-;;. The van der Waals surface area contributed by atoms with Crippen molar-refractivity contribution >= 4 is 41.6 Å². The van der Waals surface area contributed by atoms with Crippen molar-refractivity contribution in [3.63, 3.8) is 0 Å². The van der Waals surface area contributed by atoms with E-state index in [-0.39, 0.29) is 24.1 Å². The van der Waals surface area contributed by atoms with Crippen LogP contribution in [0.2, 0.25) is 0 Å². The number of fused-ring (bicyclic) bond motifs is 1. The summed E-state index contributed by atoms with van der Waals surface area (Å²) in [5.74, 6) is -0.878. The number of carbonyl (C=O) groups excluding carboxylic acids is 1. The monoisotopic (exact) mass is 568 g/mol. The van der Waals surface area contributed by atoms with Crippen molar-refractivity contribution in [1.82, 2.24) is 20.3 Å². The Morgan fingerprint density at radius 3 is 2.35 bits per heavy atom. The second kappa shape index (κ2) is 18.4. The van der Waals surface area contributed by atoms with Crippen LogP contribution in [0.25, 0.3) is 6.08 Å². The fourth-order valence-electron chi connectivity index (χ4n) is 3.13. The van der Waals surface area contributed by atoms with E-state index >= 15 is 0 Å². The highest BCUT2D eigenvalue weighted by Crippen LogP contribution is 2.43. The molecule has 0 aromatic carbocycles. The summed E-state index contributed by atoms with van der Waals surface area (Å²) in [6.45, 7) is 11.5. The molecule has 1 aliphatic rings. The van der Waals surface area contributed by atoms with Gasteiger partial charge in [-0.15, -0.1) is 0 Å². The molecule has 3 rings (SSSR count). The number of carbonyl (C=O) groups is 1. The molecule has 11 nitrogen and oxygen atoms in total. The highest BCUT2D eigenvalue weighted by atomic mass is 19.4. The first kappa shape index (κ1) is 36.1. The first-order valence-electron chi connectivity index (χ1n) is 12.9. The van der Waals surface area contributed by atoms with E-state index in [0.29, 0.717) is 23.6 Å². The number of rotatable bonds is 8. The van der Waals surface area contributed by atoms with Crippen LogP contribution in [0.1, 0.15) is 59.0 Å². The maximum atomic E-state index is 12.9. The van der Waals surface area contributed by atoms with Crippen LogP contribution in [0.5, 0.6) is 0 Å². The van der Waals surface area contributed by atoms with Crippen molar-refractivity contribution in [1.29, 1.82) is 0 Å². The molecule has 2 atom stereocenters. The fraction of sp³-hybridized carbons (Fsp3) is 0.500. The topological polar surface area (TPSA) is 145 Å². The van der Waals surface area contributed by atoms with E-state index in [0.717, 1.165) is 11.4 Å². The van der Waals surface area contributed by atoms with Gasteiger partial charge in [-0.1, -0.05) is 27.7 Å². The summed E-state index contributed by atoms with van der Waals surface area (Å²) in [6, 6.07) is 1.90. The van der Waals surface area contributed by atoms with E-state index in [1.54, 1.807) is 39.5 Å². The predicted octanol–water partition coefficient (Wildman–Crippen LogP) is 4.64. The Hall–Kier alpha value is -3.94. The van der Waals surface area contributed by atoms with Crippen LogP contribution < -0.4 is 32.0 Å². The van der Waals surface area contributed by atoms with Crippen molar-refractivity contribution < 1.29 is 18.0 Å². The van der Waals surface area contributed by atoms with Gasteiger partial charge in [-0.2, -0.15) is 18.3 Å². The van der Waals surface area contributed by atoms with Crippen molar-refractivity contribution in [2.45, 2.75) is 59.7 Å². The van der Waals surface area contributed by atoms with E-state index in [9.17, 15) is 18.0 Å². The quantitative estimate of drug-likeness (QED) is 0.175. The van der Waals surface area contributed by atoms with Gasteiger partial charge in [0.1, 0.15) is 11.7 Å². The summed E-state index contributed by atoms with van der Waals surface area (Å²) in [4.78, 5) is 23.8. The molecule has 1 aliphatic heterocycles. The van der Waals surface area contributed by atoms with Gasteiger partial charge in [-0.25, -0.2) is 15.0 Å². The smallest absolute Gasteiger partial charge is 0.399 e. The molecule has 0 aliphatic carbocycles. The number of nitrogens with zero attached hydrogens (tertiary/aromatic N) is 5. The number of nitrogens with one attached hydrogen (secondary N) is 4. The lowest BCUT2D eigenvalue weighted by Gasteiger charge is -2.14. The minimum Gasteiger partial charge on any atom is -0.402 e. The number of pyridine rings is 1. The molecule has 6 N–H and O–H groups in total. The van der Waals surface area contributed by atoms with Crippen LogP contribution in [0.4, 0.5) is 36.1 Å². The minimum atomic E-state index is -4.30. The zero-order valence-electron chi connectivity index (χ0n) is 24.7. The van der Waals surface area contributed by atoms with Crippen LogP contribution in [0.15, 0.2) is 29.3 Å². The molecule has 0 fully saturated rings. The third kappa shape index (κ3) is 11.4. The highest BCUT2D eigenvalue weighted by molar-refractivity contribution is 5.77. The summed E-state index contributed by atoms with van der Waals surface area (Å²) in [5.41, 5.74) is 10.8. The number of hydrazone groups is 1. The third-order valence-corrected chi connectivity index (χ3v) is 5.08. The van der Waals surface area contributed by atoms with E-state index < -0.39 is 12.1 Å². The lowest BCUT2D eigenvalue weighted by molar-refractivity contribution is -0.147. The Labute approximate surface area is 234 Å². The van der Waals surface area contributed by atoms with Gasteiger partial charge in [0.05, 0.1) is 35.1 Å². The summed E-state index contributed by atoms with van der Waals surface area (Å²) in [6.07, 6.45) is 2.49.